The molecule has 3 nitrogen and oxygen atoms in total. The number of Topliss-reactive ketones (excluding diaryl/α,β-unsaturated/α-hetero) is 1. The van der Waals surface area contributed by atoms with E-state index in [1.807, 2.05) is 25.1 Å². The standard InChI is InChI=1S/C13H13NO2/c1-8-9-7-11-12(15)5-6-14(11)10(9)3-4-13(8)16-2/h3-4,7H,5-6H2,1-2H3. The highest BCUT2D eigenvalue weighted by atomic mass is 16.5. The normalized spacial score (nSPS) is 14.5. The summed E-state index contributed by atoms with van der Waals surface area (Å²) in [5.74, 6) is 1.12. The number of methoxy groups -OCH3 is 1. The molecular weight excluding hydrogens is 202 g/mol. The molecule has 0 bridgehead atoms. The van der Waals surface area contributed by atoms with Crippen molar-refractivity contribution in [2.45, 2.75) is 19.9 Å². The van der Waals surface area contributed by atoms with Gasteiger partial charge in [0, 0.05) is 29.4 Å². The van der Waals surface area contributed by atoms with E-state index in [1.54, 1.807) is 7.11 Å². The van der Waals surface area contributed by atoms with Crippen molar-refractivity contribution in [3.8, 4) is 5.75 Å². The molecule has 1 aliphatic rings. The zero-order valence-corrected chi connectivity index (χ0v) is 9.41. The van der Waals surface area contributed by atoms with E-state index in [9.17, 15) is 4.79 Å². The Morgan fingerprint density at radius 1 is 1.38 bits per heavy atom. The Labute approximate surface area is 93.6 Å². The summed E-state index contributed by atoms with van der Waals surface area (Å²) in [5.41, 5.74) is 3.08. The molecular formula is C13H13NO2. The van der Waals surface area contributed by atoms with Crippen LogP contribution >= 0.6 is 0 Å². The van der Waals surface area contributed by atoms with Crippen LogP contribution in [0.2, 0.25) is 0 Å². The number of aromatic nitrogens is 1. The van der Waals surface area contributed by atoms with E-state index < -0.39 is 0 Å². The third-order valence-corrected chi connectivity index (χ3v) is 3.37. The molecule has 1 aromatic carbocycles. The maximum atomic E-state index is 11.6. The summed E-state index contributed by atoms with van der Waals surface area (Å²) in [6.07, 6.45) is 0.635. The number of benzene rings is 1. The molecule has 2 aromatic rings. The summed E-state index contributed by atoms with van der Waals surface area (Å²) >= 11 is 0. The van der Waals surface area contributed by atoms with Crippen molar-refractivity contribution in [3.05, 3.63) is 29.5 Å². The Morgan fingerprint density at radius 2 is 2.19 bits per heavy atom. The van der Waals surface area contributed by atoms with Crippen molar-refractivity contribution in [3.63, 3.8) is 0 Å². The minimum atomic E-state index is 0.245. The van der Waals surface area contributed by atoms with Crippen LogP contribution in [0.3, 0.4) is 0 Å². The van der Waals surface area contributed by atoms with Gasteiger partial charge in [-0.05, 0) is 25.1 Å². The molecule has 0 amide bonds. The van der Waals surface area contributed by atoms with Gasteiger partial charge in [0.05, 0.1) is 12.8 Å². The fourth-order valence-electron chi connectivity index (χ4n) is 2.49. The minimum absolute atomic E-state index is 0.245. The first kappa shape index (κ1) is 9.46. The molecule has 0 radical (unpaired) electrons. The summed E-state index contributed by atoms with van der Waals surface area (Å²) in [4.78, 5) is 11.6. The summed E-state index contributed by atoms with van der Waals surface area (Å²) in [7, 11) is 1.67. The Kier molecular flexibility index (Phi) is 1.84. The van der Waals surface area contributed by atoms with Gasteiger partial charge < -0.3 is 9.30 Å². The molecule has 0 saturated carbocycles. The van der Waals surface area contributed by atoms with Crippen molar-refractivity contribution in [2.75, 3.05) is 7.11 Å². The lowest BCUT2D eigenvalue weighted by atomic mass is 10.1. The number of ether oxygens (including phenoxy) is 1. The van der Waals surface area contributed by atoms with Gasteiger partial charge >= 0.3 is 0 Å². The topological polar surface area (TPSA) is 31.2 Å². The molecule has 0 unspecified atom stereocenters. The first-order valence-electron chi connectivity index (χ1n) is 5.42. The molecule has 0 fully saturated rings. The molecule has 0 aliphatic carbocycles. The third kappa shape index (κ3) is 1.06. The zero-order chi connectivity index (χ0) is 11.3. The van der Waals surface area contributed by atoms with E-state index in [0.29, 0.717) is 6.42 Å². The fourth-order valence-corrected chi connectivity index (χ4v) is 2.49. The molecule has 2 heterocycles. The Morgan fingerprint density at radius 3 is 2.94 bits per heavy atom. The van der Waals surface area contributed by atoms with Crippen LogP contribution in [0.15, 0.2) is 18.2 Å². The number of aryl methyl sites for hydroxylation is 2. The number of rotatable bonds is 1. The molecule has 1 aromatic heterocycles. The second kappa shape index (κ2) is 3.11. The Balaban J connectivity index is 2.36. The highest BCUT2D eigenvalue weighted by Gasteiger charge is 2.22. The van der Waals surface area contributed by atoms with Gasteiger partial charge in [0.15, 0.2) is 5.78 Å². The van der Waals surface area contributed by atoms with Crippen LogP contribution in [-0.4, -0.2) is 17.5 Å². The Bertz CT molecular complexity index is 595. The molecule has 0 atom stereocenters. The number of hydrogen-bond acceptors (Lipinski definition) is 2. The number of ketones is 1. The van der Waals surface area contributed by atoms with Gasteiger partial charge in [-0.2, -0.15) is 0 Å². The highest BCUT2D eigenvalue weighted by molar-refractivity contribution is 6.03. The van der Waals surface area contributed by atoms with Crippen molar-refractivity contribution in [2.24, 2.45) is 0 Å². The lowest BCUT2D eigenvalue weighted by Crippen LogP contribution is -1.92. The van der Waals surface area contributed by atoms with Crippen molar-refractivity contribution < 1.29 is 9.53 Å². The minimum Gasteiger partial charge on any atom is -0.496 e. The third-order valence-electron chi connectivity index (χ3n) is 3.37. The van der Waals surface area contributed by atoms with Crippen LogP contribution in [0.5, 0.6) is 5.75 Å². The summed E-state index contributed by atoms with van der Waals surface area (Å²) in [6.45, 7) is 2.84. The summed E-state index contributed by atoms with van der Waals surface area (Å²) in [5, 5.41) is 1.13. The smallest absolute Gasteiger partial charge is 0.181 e. The predicted molar refractivity (Wildman–Crippen MR) is 62.2 cm³/mol. The fraction of sp³-hybridized carbons (Fsp3) is 0.308. The van der Waals surface area contributed by atoms with Crippen LogP contribution in [0, 0.1) is 6.92 Å². The van der Waals surface area contributed by atoms with E-state index in [2.05, 4.69) is 4.57 Å². The van der Waals surface area contributed by atoms with Gasteiger partial charge in [0.1, 0.15) is 5.75 Å². The predicted octanol–water partition coefficient (Wildman–Crippen LogP) is 2.54. The highest BCUT2D eigenvalue weighted by Crippen LogP contribution is 2.32. The zero-order valence-electron chi connectivity index (χ0n) is 9.41. The number of hydrogen-bond donors (Lipinski definition) is 0. The average molecular weight is 215 g/mol. The number of nitrogens with zero attached hydrogens (tertiary/aromatic N) is 1. The average Bonchev–Trinajstić information content (AvgIpc) is 2.81. The molecule has 3 heteroatoms. The summed E-state index contributed by atoms with van der Waals surface area (Å²) in [6, 6.07) is 5.99. The molecule has 16 heavy (non-hydrogen) atoms. The van der Waals surface area contributed by atoms with Crippen LogP contribution in [0.25, 0.3) is 10.9 Å². The Hall–Kier alpha value is -1.77. The maximum absolute atomic E-state index is 11.6. The van der Waals surface area contributed by atoms with E-state index in [4.69, 9.17) is 4.74 Å². The molecule has 0 saturated heterocycles. The van der Waals surface area contributed by atoms with E-state index in [0.717, 1.165) is 34.5 Å². The second-order valence-electron chi connectivity index (χ2n) is 4.18. The first-order chi connectivity index (χ1) is 7.72. The van der Waals surface area contributed by atoms with E-state index >= 15 is 0 Å². The van der Waals surface area contributed by atoms with Crippen LogP contribution in [0.4, 0.5) is 0 Å². The van der Waals surface area contributed by atoms with Crippen LogP contribution in [0.1, 0.15) is 22.5 Å². The van der Waals surface area contributed by atoms with Gasteiger partial charge in [-0.3, -0.25) is 4.79 Å². The largest absolute Gasteiger partial charge is 0.496 e. The number of carbonyl (C=O) groups excluding carboxylic acids is 1. The SMILES string of the molecule is COc1ccc2c(cc3n2CCC3=O)c1C. The molecule has 82 valence electrons. The summed E-state index contributed by atoms with van der Waals surface area (Å²) < 4.78 is 7.39. The van der Waals surface area contributed by atoms with Crippen molar-refractivity contribution in [1.29, 1.82) is 0 Å². The van der Waals surface area contributed by atoms with Crippen LogP contribution in [-0.2, 0) is 6.54 Å². The van der Waals surface area contributed by atoms with Crippen LogP contribution < -0.4 is 4.74 Å². The van der Waals surface area contributed by atoms with Crippen molar-refractivity contribution in [1.82, 2.24) is 4.57 Å². The lowest BCUT2D eigenvalue weighted by Gasteiger charge is -2.06. The molecule has 1 aliphatic heterocycles. The first-order valence-corrected chi connectivity index (χ1v) is 5.42. The van der Waals surface area contributed by atoms with Gasteiger partial charge in [-0.15, -0.1) is 0 Å². The van der Waals surface area contributed by atoms with Gasteiger partial charge in [0.25, 0.3) is 0 Å². The second-order valence-corrected chi connectivity index (χ2v) is 4.18. The molecule has 3 rings (SSSR count). The van der Waals surface area contributed by atoms with Gasteiger partial charge in [-0.1, -0.05) is 0 Å². The maximum Gasteiger partial charge on any atom is 0.181 e. The van der Waals surface area contributed by atoms with Gasteiger partial charge in [-0.25, -0.2) is 0 Å². The molecule has 0 spiro atoms. The number of carbonyl (C=O) groups is 1. The van der Waals surface area contributed by atoms with E-state index in [-0.39, 0.29) is 5.78 Å². The van der Waals surface area contributed by atoms with Crippen molar-refractivity contribution >= 4 is 16.7 Å². The van der Waals surface area contributed by atoms with E-state index in [1.165, 1.54) is 0 Å². The molecule has 0 N–H and O–H groups in total. The monoisotopic (exact) mass is 215 g/mol. The van der Waals surface area contributed by atoms with Gasteiger partial charge in [0.2, 0.25) is 0 Å². The quantitative estimate of drug-likeness (QED) is 0.732. The lowest BCUT2D eigenvalue weighted by molar-refractivity contribution is 0.0994. The number of fused-ring (bicyclic) bond motifs is 3.